The van der Waals surface area contributed by atoms with E-state index in [1.54, 1.807) is 19.1 Å². The highest BCUT2D eigenvalue weighted by molar-refractivity contribution is 9.10. The van der Waals surface area contributed by atoms with Gasteiger partial charge < -0.3 is 15.0 Å². The number of carbonyl (C=O) groups is 2. The molecule has 0 aliphatic carbocycles. The topological polar surface area (TPSA) is 58.6 Å². The fourth-order valence-corrected chi connectivity index (χ4v) is 4.57. The van der Waals surface area contributed by atoms with Gasteiger partial charge in [0.25, 0.3) is 0 Å². The Morgan fingerprint density at radius 1 is 1.06 bits per heavy atom. The van der Waals surface area contributed by atoms with E-state index in [4.69, 9.17) is 4.74 Å². The van der Waals surface area contributed by atoms with Gasteiger partial charge in [0, 0.05) is 23.2 Å². The van der Waals surface area contributed by atoms with Crippen LogP contribution in [0.1, 0.15) is 73.5 Å². The molecule has 6 heteroatoms. The molecule has 0 radical (unpaired) electrons. The van der Waals surface area contributed by atoms with Gasteiger partial charge in [-0.1, -0.05) is 47.5 Å². The molecule has 1 atom stereocenters. The van der Waals surface area contributed by atoms with Crippen molar-refractivity contribution in [2.45, 2.75) is 58.4 Å². The summed E-state index contributed by atoms with van der Waals surface area (Å²) in [6, 6.07) is 13.4. The van der Waals surface area contributed by atoms with Gasteiger partial charge in [-0.05, 0) is 68.0 Å². The minimum Gasteiger partial charge on any atom is -0.462 e. The highest BCUT2D eigenvalue weighted by Crippen LogP contribution is 2.33. The summed E-state index contributed by atoms with van der Waals surface area (Å²) in [5.74, 6) is -0.355. The fraction of sp³-hybridized carbons (Fsp3) is 0.462. The zero-order valence-corrected chi connectivity index (χ0v) is 20.6. The van der Waals surface area contributed by atoms with Crippen molar-refractivity contribution in [3.05, 3.63) is 63.6 Å². The van der Waals surface area contributed by atoms with E-state index in [2.05, 4.69) is 51.3 Å². The van der Waals surface area contributed by atoms with E-state index in [1.165, 1.54) is 30.5 Å². The average Bonchev–Trinajstić information content (AvgIpc) is 2.80. The van der Waals surface area contributed by atoms with Crippen molar-refractivity contribution in [3.63, 3.8) is 0 Å². The van der Waals surface area contributed by atoms with Crippen LogP contribution in [0.2, 0.25) is 0 Å². The minimum absolute atomic E-state index is 0.0140. The number of hydrogen-bond donors (Lipinski definition) is 1. The van der Waals surface area contributed by atoms with Gasteiger partial charge in [0.15, 0.2) is 0 Å². The first-order chi connectivity index (χ1) is 15.5. The van der Waals surface area contributed by atoms with Crippen molar-refractivity contribution in [1.29, 1.82) is 0 Å². The summed E-state index contributed by atoms with van der Waals surface area (Å²) in [6.45, 7) is 6.39. The van der Waals surface area contributed by atoms with Gasteiger partial charge >= 0.3 is 5.97 Å². The van der Waals surface area contributed by atoms with Crippen LogP contribution in [-0.4, -0.2) is 31.6 Å². The van der Waals surface area contributed by atoms with E-state index in [-0.39, 0.29) is 24.3 Å². The van der Waals surface area contributed by atoms with Crippen molar-refractivity contribution in [3.8, 4) is 0 Å². The lowest BCUT2D eigenvalue weighted by Crippen LogP contribution is -2.34. The standard InChI is InChI=1S/C26H33BrN2O3/c1-3-8-23(22-14-13-21(27)18-24(22)29-15-6-5-7-16-29)28-25(30)17-19-9-11-20(12-10-19)26(31)32-4-2/h9-14,18,23H,3-8,15-17H2,1-2H3,(H,28,30). The Labute approximate surface area is 199 Å². The van der Waals surface area contributed by atoms with Crippen molar-refractivity contribution >= 4 is 33.5 Å². The molecule has 1 unspecified atom stereocenters. The number of anilines is 1. The first-order valence-electron chi connectivity index (χ1n) is 11.6. The second-order valence-corrected chi connectivity index (χ2v) is 9.17. The maximum absolute atomic E-state index is 12.9. The van der Waals surface area contributed by atoms with Gasteiger partial charge in [-0.25, -0.2) is 4.79 Å². The first kappa shape index (κ1) is 24.3. The Hall–Kier alpha value is -2.34. The quantitative estimate of drug-likeness (QED) is 0.440. The first-order valence-corrected chi connectivity index (χ1v) is 12.4. The van der Waals surface area contributed by atoms with E-state index in [9.17, 15) is 9.59 Å². The smallest absolute Gasteiger partial charge is 0.338 e. The van der Waals surface area contributed by atoms with Crippen LogP contribution in [0, 0.1) is 0 Å². The van der Waals surface area contributed by atoms with E-state index in [1.807, 2.05) is 12.1 Å². The van der Waals surface area contributed by atoms with Crippen LogP contribution in [0.15, 0.2) is 46.9 Å². The summed E-state index contributed by atoms with van der Waals surface area (Å²) in [6.07, 6.45) is 5.84. The number of ether oxygens (including phenoxy) is 1. The fourth-order valence-electron chi connectivity index (χ4n) is 4.22. The van der Waals surface area contributed by atoms with E-state index >= 15 is 0 Å². The van der Waals surface area contributed by atoms with Crippen LogP contribution < -0.4 is 10.2 Å². The summed E-state index contributed by atoms with van der Waals surface area (Å²) in [4.78, 5) is 27.2. The molecule has 1 amide bonds. The number of halogens is 1. The molecule has 0 saturated carbocycles. The molecule has 2 aromatic carbocycles. The van der Waals surface area contributed by atoms with Crippen molar-refractivity contribution < 1.29 is 14.3 Å². The Balaban J connectivity index is 1.72. The predicted molar refractivity (Wildman–Crippen MR) is 132 cm³/mol. The minimum atomic E-state index is -0.341. The summed E-state index contributed by atoms with van der Waals surface area (Å²) >= 11 is 3.62. The van der Waals surface area contributed by atoms with Crippen LogP contribution in [0.5, 0.6) is 0 Å². The van der Waals surface area contributed by atoms with Crippen LogP contribution in [0.4, 0.5) is 5.69 Å². The molecule has 172 valence electrons. The normalized spacial score (nSPS) is 14.7. The van der Waals surface area contributed by atoms with E-state index in [0.717, 1.165) is 36.0 Å². The third kappa shape index (κ3) is 6.58. The van der Waals surface area contributed by atoms with Crippen molar-refractivity contribution in [1.82, 2.24) is 5.32 Å². The maximum atomic E-state index is 12.9. The monoisotopic (exact) mass is 500 g/mol. The lowest BCUT2D eigenvalue weighted by atomic mass is 9.98. The molecule has 1 fully saturated rings. The highest BCUT2D eigenvalue weighted by Gasteiger charge is 2.22. The number of rotatable bonds is 9. The summed E-state index contributed by atoms with van der Waals surface area (Å²) in [7, 11) is 0. The molecule has 1 N–H and O–H groups in total. The molecule has 2 aromatic rings. The Kier molecular flexibility index (Phi) is 9.15. The molecule has 1 aliphatic heterocycles. The molecule has 1 aliphatic rings. The summed E-state index contributed by atoms with van der Waals surface area (Å²) < 4.78 is 6.08. The number of benzene rings is 2. The molecule has 0 aromatic heterocycles. The lowest BCUT2D eigenvalue weighted by Gasteiger charge is -2.33. The zero-order chi connectivity index (χ0) is 22.9. The molecular formula is C26H33BrN2O3. The van der Waals surface area contributed by atoms with Crippen molar-refractivity contribution in [2.24, 2.45) is 0 Å². The van der Waals surface area contributed by atoms with Crippen LogP contribution in [-0.2, 0) is 16.0 Å². The number of hydrogen-bond acceptors (Lipinski definition) is 4. The second-order valence-electron chi connectivity index (χ2n) is 8.25. The highest BCUT2D eigenvalue weighted by atomic mass is 79.9. The van der Waals surface area contributed by atoms with E-state index in [0.29, 0.717) is 12.2 Å². The Morgan fingerprint density at radius 3 is 2.44 bits per heavy atom. The third-order valence-electron chi connectivity index (χ3n) is 5.81. The molecule has 3 rings (SSSR count). The number of nitrogens with one attached hydrogen (secondary N) is 1. The zero-order valence-electron chi connectivity index (χ0n) is 19.0. The van der Waals surface area contributed by atoms with Gasteiger partial charge in [-0.3, -0.25) is 4.79 Å². The lowest BCUT2D eigenvalue weighted by molar-refractivity contribution is -0.121. The van der Waals surface area contributed by atoms with Gasteiger partial charge in [0.05, 0.1) is 24.6 Å². The number of carbonyl (C=O) groups excluding carboxylic acids is 2. The van der Waals surface area contributed by atoms with Gasteiger partial charge in [0.1, 0.15) is 0 Å². The van der Waals surface area contributed by atoms with Crippen molar-refractivity contribution in [2.75, 3.05) is 24.6 Å². The van der Waals surface area contributed by atoms with Crippen LogP contribution in [0.3, 0.4) is 0 Å². The maximum Gasteiger partial charge on any atom is 0.338 e. The van der Waals surface area contributed by atoms with Gasteiger partial charge in [-0.2, -0.15) is 0 Å². The van der Waals surface area contributed by atoms with E-state index < -0.39 is 0 Å². The van der Waals surface area contributed by atoms with Gasteiger partial charge in [0.2, 0.25) is 5.91 Å². The van der Waals surface area contributed by atoms with Gasteiger partial charge in [-0.15, -0.1) is 0 Å². The molecule has 0 spiro atoms. The number of piperidine rings is 1. The van der Waals surface area contributed by atoms with Crippen LogP contribution in [0.25, 0.3) is 0 Å². The Morgan fingerprint density at radius 2 is 1.78 bits per heavy atom. The third-order valence-corrected chi connectivity index (χ3v) is 6.30. The largest absolute Gasteiger partial charge is 0.462 e. The summed E-state index contributed by atoms with van der Waals surface area (Å²) in [5, 5.41) is 3.27. The predicted octanol–water partition coefficient (Wildman–Crippen LogP) is 5.82. The number of amides is 1. The average molecular weight is 501 g/mol. The summed E-state index contributed by atoms with van der Waals surface area (Å²) in [5.41, 5.74) is 3.78. The molecular weight excluding hydrogens is 468 g/mol. The Bertz CT molecular complexity index is 908. The molecule has 32 heavy (non-hydrogen) atoms. The number of nitrogens with zero attached hydrogens (tertiary/aromatic N) is 1. The molecule has 1 saturated heterocycles. The molecule has 0 bridgehead atoms. The second kappa shape index (κ2) is 12.0. The molecule has 1 heterocycles. The van der Waals surface area contributed by atoms with Crippen LogP contribution >= 0.6 is 15.9 Å². The number of esters is 1. The SMILES string of the molecule is CCCC(NC(=O)Cc1ccc(C(=O)OCC)cc1)c1ccc(Br)cc1N1CCCCC1. The molecule has 5 nitrogen and oxygen atoms in total.